The minimum Gasteiger partial charge on any atom is -0.481 e. The molecule has 35 nitrogen and oxygen atoms in total. The minimum absolute atomic E-state index is 0. The van der Waals surface area contributed by atoms with Gasteiger partial charge in [-0.3, -0.25) is 38.4 Å². The number of nitrogens with zero attached hydrogens (tertiary/aromatic N) is 7. The zero-order valence-electron chi connectivity index (χ0n) is 72.3. The fourth-order valence-electron chi connectivity index (χ4n) is 13.3. The molecule has 39 heteroatoms. The van der Waals surface area contributed by atoms with Gasteiger partial charge in [0.1, 0.15) is 56.0 Å². The molecule has 0 aromatic carbocycles. The van der Waals surface area contributed by atoms with Crippen LogP contribution in [0.15, 0.2) is 107 Å². The number of aliphatic carboxylic acids is 1. The Labute approximate surface area is 730 Å². The quantitative estimate of drug-likeness (QED) is 0.0126. The first-order valence-corrected chi connectivity index (χ1v) is 41.9. The van der Waals surface area contributed by atoms with E-state index in [1.165, 1.54) is 25.1 Å². The van der Waals surface area contributed by atoms with E-state index in [1.54, 1.807) is 93.8 Å². The number of carboxylic acid groups (broad SMARTS) is 2. The maximum Gasteiger partial charge on any atom is 0.376 e. The summed E-state index contributed by atoms with van der Waals surface area (Å²) in [5.41, 5.74) is 12.2. The van der Waals surface area contributed by atoms with Crippen LogP contribution in [0.2, 0.25) is 20.5 Å². The smallest absolute Gasteiger partial charge is 0.376 e. The molecule has 672 valence electrons. The number of amides is 3. The van der Waals surface area contributed by atoms with E-state index in [0.717, 1.165) is 141 Å². The highest BCUT2D eigenvalue weighted by Gasteiger charge is 2.32. The first-order chi connectivity index (χ1) is 58.7. The van der Waals surface area contributed by atoms with Crippen LogP contribution in [0.4, 0.5) is 22.7 Å². The normalized spacial score (nSPS) is 12.7. The van der Waals surface area contributed by atoms with Crippen molar-refractivity contribution in [2.24, 2.45) is 0 Å². The van der Waals surface area contributed by atoms with Gasteiger partial charge >= 0.3 is 27.1 Å². The number of carboxylic acids is 2. The Morgan fingerprint density at radius 2 is 0.782 bits per heavy atom. The molecule has 0 saturated carbocycles. The summed E-state index contributed by atoms with van der Waals surface area (Å²) in [4.78, 5) is 134. The first-order valence-electron chi connectivity index (χ1n) is 41.9. The van der Waals surface area contributed by atoms with Crippen molar-refractivity contribution in [1.29, 1.82) is 0 Å². The van der Waals surface area contributed by atoms with Gasteiger partial charge in [0, 0.05) is 120 Å². The molecular formula is C85H121B3ClN15O20. The predicted octanol–water partition coefficient (Wildman–Crippen LogP) is 12.2. The number of carbonyl (C=O) groups excluding carboxylic acids is 7. The highest BCUT2D eigenvalue weighted by Crippen LogP contribution is 2.31. The number of aromatic nitrogens is 6. The van der Waals surface area contributed by atoms with Gasteiger partial charge in [0.2, 0.25) is 23.5 Å². The number of hydrogen-bond acceptors (Lipinski definition) is 28. The van der Waals surface area contributed by atoms with Gasteiger partial charge in [-0.1, -0.05) is 53.4 Å². The number of H-pyrrole nitrogens is 2. The van der Waals surface area contributed by atoms with Crippen LogP contribution in [0, 0.1) is 0 Å². The third-order valence-electron chi connectivity index (χ3n) is 19.9. The second-order valence-corrected chi connectivity index (χ2v) is 29.4. The van der Waals surface area contributed by atoms with E-state index >= 15 is 0 Å². The molecule has 0 atom stereocenters. The van der Waals surface area contributed by atoms with E-state index in [9.17, 15) is 53.4 Å². The van der Waals surface area contributed by atoms with Crippen LogP contribution in [0.3, 0.4) is 0 Å². The number of unbranched alkanes of at least 4 members (excludes halogenated alkanes) is 4. The fraction of sp³-hybridized carbons (Fsp3) is 0.471. The number of anilines is 4. The first kappa shape index (κ1) is 103. The summed E-state index contributed by atoms with van der Waals surface area (Å²) < 4.78 is 32.8. The number of fused-ring (bicyclic) bond motifs is 4. The molecule has 124 heavy (non-hydrogen) atoms. The van der Waals surface area contributed by atoms with Crippen molar-refractivity contribution < 1.29 is 96.2 Å². The summed E-state index contributed by atoms with van der Waals surface area (Å²) in [6.45, 7) is 22.9. The third-order valence-corrected chi connectivity index (χ3v) is 19.9. The molecule has 8 aromatic rings. The molecule has 4 aliphatic rings. The van der Waals surface area contributed by atoms with E-state index < -0.39 is 39.0 Å². The van der Waals surface area contributed by atoms with Gasteiger partial charge in [0.25, 0.3) is 23.7 Å². The van der Waals surface area contributed by atoms with Crippen LogP contribution >= 0.6 is 12.4 Å². The Bertz CT molecular complexity index is 4480. The van der Waals surface area contributed by atoms with Crippen LogP contribution < -0.4 is 52.1 Å². The second-order valence-electron chi connectivity index (χ2n) is 29.4. The molecule has 0 unspecified atom stereocenters. The Hall–Kier alpha value is -11.1. The SMILES string of the molecule is CC(=O)O.CCCCN(CCOc1ccc(N)cn1)B(C)O.CCCCN(CCOc1ccc(NC(=O)c2c[nH]c3c2C(=O)CCC3)cn1)B(C)O.CCCCN(CCOc1ccc(NC(=O)c2coc3c2C(=O)CCC3)cn1)B(C)O.CCCCNCCOc1ccc(NC(=O)c2c[nH]c3c2C(=O)CCC3)cn1.Cl.N.O=C(O)c1coc2c1C(=O)CCC2. The highest BCUT2D eigenvalue weighted by molar-refractivity contribution is 6.46. The van der Waals surface area contributed by atoms with Crippen molar-refractivity contribution in [3.63, 3.8) is 0 Å². The lowest BCUT2D eigenvalue weighted by Gasteiger charge is -2.22. The predicted molar refractivity (Wildman–Crippen MR) is 477 cm³/mol. The standard InChI is InChI=1S/C21H29BN4O4.C21H28BN3O5.C20H26N4O3.C12H22BN3O2.C9H8O4.C2H4O2.ClH.H3N/c1-3-4-10-26(22(2)29)11-12-30-19-9-8-15(13-24-19)25-21(28)16-14-23-17-6-5-7-18(27)20(16)17;1-3-4-10-25(22(2)28)11-12-29-19-9-8-15(13-23-19)24-21(27)16-14-30-18-7-5-6-17(26)20(16)18;1-2-3-9-21-10-11-27-18-8-7-14(12-23-18)24-20(26)15-13-22-16-5-4-6-17(25)19(15)16;1-3-4-7-16(13(2)17)8-9-18-12-6-5-11(14)10-15-12;10-6-2-1-3-7-8(6)5(4-13-7)9(11)12;1-2(3)4;;/h8-9,13-14,23,29H,3-7,10-12H2,1-2H3,(H,25,28);8-9,13-14,28H,3-7,10-12H2,1-2H3,(H,24,27);7-8,12-13,21-22H,2-6,9-11H2,1H3,(H,24,26);5-6,10,17H,3-4,7-9,14H2,1-2H3;4H,1-3H2,(H,11,12);1H3,(H,3,4);1H;1H3. The van der Waals surface area contributed by atoms with E-state index in [0.29, 0.717) is 170 Å². The van der Waals surface area contributed by atoms with Crippen LogP contribution in [-0.4, -0.2) is 222 Å². The maximum atomic E-state index is 12.6. The summed E-state index contributed by atoms with van der Waals surface area (Å²) in [6, 6.07) is 13.7. The molecule has 0 spiro atoms. The molecule has 0 fully saturated rings. The molecule has 16 N–H and O–H groups in total. The zero-order valence-corrected chi connectivity index (χ0v) is 73.1. The van der Waals surface area contributed by atoms with Crippen LogP contribution in [0.1, 0.15) is 243 Å². The summed E-state index contributed by atoms with van der Waals surface area (Å²) >= 11 is 0. The maximum absolute atomic E-state index is 12.6. The van der Waals surface area contributed by atoms with Crippen molar-refractivity contribution in [2.45, 2.75) is 184 Å². The number of nitrogens with one attached hydrogen (secondary N) is 6. The van der Waals surface area contributed by atoms with Gasteiger partial charge in [0.05, 0.1) is 86.5 Å². The molecule has 8 aromatic heterocycles. The lowest BCUT2D eigenvalue weighted by Crippen LogP contribution is -2.40. The van der Waals surface area contributed by atoms with Gasteiger partial charge in [-0.2, -0.15) is 0 Å². The molecule has 4 aliphatic carbocycles. The van der Waals surface area contributed by atoms with Crippen molar-refractivity contribution in [1.82, 2.24) is 55.8 Å². The van der Waals surface area contributed by atoms with Crippen molar-refractivity contribution in [2.75, 3.05) is 100 Å². The Morgan fingerprint density at radius 1 is 0.452 bits per heavy atom. The molecule has 0 radical (unpaired) electrons. The van der Waals surface area contributed by atoms with Crippen LogP contribution in [0.25, 0.3) is 0 Å². The van der Waals surface area contributed by atoms with Gasteiger partial charge in [-0.15, -0.1) is 12.4 Å². The number of halogens is 1. The fourth-order valence-corrected chi connectivity index (χ4v) is 13.3. The number of rotatable bonds is 38. The summed E-state index contributed by atoms with van der Waals surface area (Å²) in [5.74, 6) is -0.0362. The van der Waals surface area contributed by atoms with E-state index in [2.05, 4.69) is 78.9 Å². The zero-order chi connectivity index (χ0) is 88.5. The van der Waals surface area contributed by atoms with E-state index in [4.69, 9.17) is 48.5 Å². The average Bonchev–Trinajstić information content (AvgIpc) is 1.61. The molecule has 0 aliphatic heterocycles. The van der Waals surface area contributed by atoms with Gasteiger partial charge in [0.15, 0.2) is 23.1 Å². The minimum atomic E-state index is -1.10. The number of furan rings is 2. The largest absolute Gasteiger partial charge is 0.481 e. The summed E-state index contributed by atoms with van der Waals surface area (Å²) in [7, 11) is -1.48. The second kappa shape index (κ2) is 55.2. The molecule has 3 amide bonds. The van der Waals surface area contributed by atoms with Gasteiger partial charge in [-0.25, -0.2) is 24.7 Å². The number of nitrogen functional groups attached to an aromatic ring is 1. The number of ketones is 4. The monoisotopic (exact) mass is 1740 g/mol. The number of aromatic amines is 2. The van der Waals surface area contributed by atoms with Crippen LogP contribution in [-0.2, 0) is 30.5 Å². The third kappa shape index (κ3) is 33.9. The van der Waals surface area contributed by atoms with Crippen LogP contribution in [0.5, 0.6) is 23.5 Å². The number of pyridine rings is 4. The lowest BCUT2D eigenvalue weighted by molar-refractivity contribution is -0.134. The van der Waals surface area contributed by atoms with E-state index in [1.807, 2.05) is 14.4 Å². The average molecular weight is 1740 g/mol. The number of aromatic carboxylic acids is 1. The van der Waals surface area contributed by atoms with Gasteiger partial charge in [-0.05, 0) is 135 Å². The Kier molecular flexibility index (Phi) is 46.1. The number of ether oxygens (including phenoxy) is 4. The summed E-state index contributed by atoms with van der Waals surface area (Å²) in [6.07, 6.45) is 28.4. The van der Waals surface area contributed by atoms with Gasteiger partial charge < -0.3 is 111 Å². The number of carbonyl (C=O) groups is 9. The highest BCUT2D eigenvalue weighted by atomic mass is 35.5. The molecule has 12 rings (SSSR count). The summed E-state index contributed by atoms with van der Waals surface area (Å²) in [5, 5.41) is 57.0. The number of Topliss-reactive ketones (excluding diaryl/α,β-unsaturated/α-hetero) is 4. The lowest BCUT2D eigenvalue weighted by atomic mass is 9.84. The van der Waals surface area contributed by atoms with Crippen molar-refractivity contribution >= 4 is 109 Å². The molecule has 0 saturated heterocycles. The van der Waals surface area contributed by atoms with Crippen molar-refractivity contribution in [3.05, 3.63) is 166 Å². The molecule has 0 bridgehead atoms. The number of hydrogen-bond donors (Lipinski definition) is 13. The topological polar surface area (TPSA) is 520 Å². The number of aryl methyl sites for hydroxylation is 4. The molecular weight excluding hydrogens is 1620 g/mol. The number of nitrogens with two attached hydrogens (primary N) is 1. The Morgan fingerprint density at radius 3 is 1.12 bits per heavy atom. The van der Waals surface area contributed by atoms with E-state index in [-0.39, 0.29) is 70.2 Å². The molecule has 8 heterocycles. The Balaban J connectivity index is 0.000000277. The van der Waals surface area contributed by atoms with Crippen molar-refractivity contribution in [3.8, 4) is 23.5 Å².